The number of methoxy groups -OCH3 is 1. The molecule has 0 saturated carbocycles. The summed E-state index contributed by atoms with van der Waals surface area (Å²) in [5.41, 5.74) is 3.68. The normalized spacial score (nSPS) is 13.3. The van der Waals surface area contributed by atoms with Gasteiger partial charge in [0.1, 0.15) is 5.69 Å². The Morgan fingerprint density at radius 3 is 2.50 bits per heavy atom. The van der Waals surface area contributed by atoms with Crippen molar-refractivity contribution in [3.8, 4) is 5.75 Å². The lowest BCUT2D eigenvalue weighted by molar-refractivity contribution is 0.0586. The predicted molar refractivity (Wildman–Crippen MR) is 70.3 cm³/mol. The molecule has 0 bridgehead atoms. The topological polar surface area (TPSA) is 74.3 Å². The van der Waals surface area contributed by atoms with Gasteiger partial charge in [0.05, 0.1) is 32.1 Å². The number of hydrogen-bond acceptors (Lipinski definition) is 5. The summed E-state index contributed by atoms with van der Waals surface area (Å²) in [4.78, 5) is 0. The SMILES string of the molecule is COc1cnn(C(C)C)c1C(COC(C)C)NN. The van der Waals surface area contributed by atoms with Gasteiger partial charge in [0.25, 0.3) is 0 Å². The third kappa shape index (κ3) is 3.44. The van der Waals surface area contributed by atoms with Crippen molar-refractivity contribution in [1.29, 1.82) is 0 Å². The number of aromatic nitrogens is 2. The molecule has 18 heavy (non-hydrogen) atoms. The molecule has 1 atom stereocenters. The minimum absolute atomic E-state index is 0.146. The molecular weight excluding hydrogens is 232 g/mol. The zero-order valence-electron chi connectivity index (χ0n) is 11.8. The number of rotatable bonds is 7. The quantitative estimate of drug-likeness (QED) is 0.570. The Hall–Kier alpha value is -1.11. The molecule has 3 N–H and O–H groups in total. The largest absolute Gasteiger partial charge is 0.493 e. The van der Waals surface area contributed by atoms with Gasteiger partial charge in [0, 0.05) is 6.04 Å². The first-order valence-electron chi connectivity index (χ1n) is 6.20. The Kier molecular flexibility index (Phi) is 5.58. The summed E-state index contributed by atoms with van der Waals surface area (Å²) in [5.74, 6) is 6.34. The Bertz CT molecular complexity index is 363. The molecule has 0 saturated heterocycles. The van der Waals surface area contributed by atoms with Crippen LogP contribution in [-0.2, 0) is 4.74 Å². The number of nitrogens with two attached hydrogens (primary N) is 1. The predicted octanol–water partition coefficient (Wildman–Crippen LogP) is 1.40. The summed E-state index contributed by atoms with van der Waals surface area (Å²) < 4.78 is 12.8. The highest BCUT2D eigenvalue weighted by Crippen LogP contribution is 2.27. The van der Waals surface area contributed by atoms with Gasteiger partial charge in [-0.15, -0.1) is 0 Å². The van der Waals surface area contributed by atoms with Crippen molar-refractivity contribution < 1.29 is 9.47 Å². The van der Waals surface area contributed by atoms with Crippen molar-refractivity contribution in [2.75, 3.05) is 13.7 Å². The second-order valence-electron chi connectivity index (χ2n) is 4.74. The van der Waals surface area contributed by atoms with Gasteiger partial charge in [0.15, 0.2) is 5.75 Å². The summed E-state index contributed by atoms with van der Waals surface area (Å²) in [7, 11) is 1.63. The third-order valence-corrected chi connectivity index (χ3v) is 2.64. The molecule has 1 unspecified atom stereocenters. The molecule has 0 amide bonds. The van der Waals surface area contributed by atoms with Crippen LogP contribution in [0.5, 0.6) is 5.75 Å². The number of ether oxygens (including phenoxy) is 2. The van der Waals surface area contributed by atoms with E-state index >= 15 is 0 Å². The Balaban J connectivity index is 2.98. The molecule has 104 valence electrons. The number of hydrazine groups is 1. The fraction of sp³-hybridized carbons (Fsp3) is 0.750. The molecule has 0 aliphatic carbocycles. The highest BCUT2D eigenvalue weighted by atomic mass is 16.5. The zero-order chi connectivity index (χ0) is 13.7. The average Bonchev–Trinajstić information content (AvgIpc) is 2.73. The smallest absolute Gasteiger partial charge is 0.161 e. The van der Waals surface area contributed by atoms with Crippen LogP contribution in [0.25, 0.3) is 0 Å². The number of nitrogens with one attached hydrogen (secondary N) is 1. The van der Waals surface area contributed by atoms with E-state index in [1.54, 1.807) is 13.3 Å². The maximum Gasteiger partial charge on any atom is 0.161 e. The van der Waals surface area contributed by atoms with Crippen LogP contribution in [0.3, 0.4) is 0 Å². The summed E-state index contributed by atoms with van der Waals surface area (Å²) >= 11 is 0. The van der Waals surface area contributed by atoms with Gasteiger partial charge in [-0.3, -0.25) is 10.5 Å². The Labute approximate surface area is 108 Å². The van der Waals surface area contributed by atoms with E-state index in [0.717, 1.165) is 11.4 Å². The summed E-state index contributed by atoms with van der Waals surface area (Å²) in [6, 6.07) is 0.0889. The van der Waals surface area contributed by atoms with Crippen LogP contribution in [0.4, 0.5) is 0 Å². The van der Waals surface area contributed by atoms with E-state index in [0.29, 0.717) is 6.61 Å². The van der Waals surface area contributed by atoms with Gasteiger partial charge >= 0.3 is 0 Å². The Morgan fingerprint density at radius 2 is 2.06 bits per heavy atom. The molecule has 6 heteroatoms. The van der Waals surface area contributed by atoms with Gasteiger partial charge < -0.3 is 9.47 Å². The summed E-state index contributed by atoms with van der Waals surface area (Å²) in [5, 5.41) is 4.32. The van der Waals surface area contributed by atoms with E-state index in [1.165, 1.54) is 0 Å². The van der Waals surface area contributed by atoms with E-state index in [4.69, 9.17) is 15.3 Å². The molecule has 0 aliphatic rings. The highest BCUT2D eigenvalue weighted by molar-refractivity contribution is 5.28. The van der Waals surface area contributed by atoms with Crippen LogP contribution >= 0.6 is 0 Å². The van der Waals surface area contributed by atoms with E-state index in [-0.39, 0.29) is 18.2 Å². The lowest BCUT2D eigenvalue weighted by atomic mass is 10.2. The second kappa shape index (κ2) is 6.72. The van der Waals surface area contributed by atoms with Gasteiger partial charge in [0.2, 0.25) is 0 Å². The molecule has 0 aliphatic heterocycles. The van der Waals surface area contributed by atoms with Crippen molar-refractivity contribution in [3.05, 3.63) is 11.9 Å². The van der Waals surface area contributed by atoms with E-state index in [1.807, 2.05) is 18.5 Å². The molecular formula is C12H24N4O2. The molecule has 1 heterocycles. The summed E-state index contributed by atoms with van der Waals surface area (Å²) in [6.45, 7) is 8.58. The highest BCUT2D eigenvalue weighted by Gasteiger charge is 2.22. The fourth-order valence-electron chi connectivity index (χ4n) is 1.75. The monoisotopic (exact) mass is 256 g/mol. The summed E-state index contributed by atoms with van der Waals surface area (Å²) in [6.07, 6.45) is 1.86. The second-order valence-corrected chi connectivity index (χ2v) is 4.74. The number of hydrogen-bond donors (Lipinski definition) is 2. The van der Waals surface area contributed by atoms with Gasteiger partial charge in [-0.05, 0) is 27.7 Å². The fourth-order valence-corrected chi connectivity index (χ4v) is 1.75. The molecule has 0 radical (unpaired) electrons. The maximum absolute atomic E-state index is 5.62. The van der Waals surface area contributed by atoms with E-state index in [9.17, 15) is 0 Å². The van der Waals surface area contributed by atoms with Crippen molar-refractivity contribution in [2.45, 2.75) is 45.9 Å². The lowest BCUT2D eigenvalue weighted by Gasteiger charge is -2.21. The molecule has 0 fully saturated rings. The van der Waals surface area contributed by atoms with Crippen LogP contribution in [0.15, 0.2) is 6.20 Å². The van der Waals surface area contributed by atoms with Crippen molar-refractivity contribution in [3.63, 3.8) is 0 Å². The van der Waals surface area contributed by atoms with Crippen LogP contribution < -0.4 is 16.0 Å². The lowest BCUT2D eigenvalue weighted by Crippen LogP contribution is -2.34. The molecule has 6 nitrogen and oxygen atoms in total. The van der Waals surface area contributed by atoms with Crippen molar-refractivity contribution in [1.82, 2.24) is 15.2 Å². The van der Waals surface area contributed by atoms with Crippen LogP contribution in [0.1, 0.15) is 45.5 Å². The first-order chi connectivity index (χ1) is 8.51. The molecule has 0 aromatic carbocycles. The van der Waals surface area contributed by atoms with Gasteiger partial charge in [-0.25, -0.2) is 5.43 Å². The van der Waals surface area contributed by atoms with Gasteiger partial charge in [-0.2, -0.15) is 5.10 Å². The molecule has 0 spiro atoms. The Morgan fingerprint density at radius 1 is 1.39 bits per heavy atom. The van der Waals surface area contributed by atoms with Crippen molar-refractivity contribution in [2.24, 2.45) is 5.84 Å². The van der Waals surface area contributed by atoms with E-state index < -0.39 is 0 Å². The van der Waals surface area contributed by atoms with Crippen LogP contribution in [0, 0.1) is 0 Å². The standard InChI is InChI=1S/C12H24N4O2/c1-8(2)16-12(11(17-5)6-14-16)10(15-13)7-18-9(3)4/h6,8-10,15H,7,13H2,1-5H3. The first kappa shape index (κ1) is 14.9. The minimum Gasteiger partial charge on any atom is -0.493 e. The van der Waals surface area contributed by atoms with E-state index in [2.05, 4.69) is 24.4 Å². The zero-order valence-corrected chi connectivity index (χ0v) is 11.8. The first-order valence-corrected chi connectivity index (χ1v) is 6.20. The molecule has 1 rings (SSSR count). The number of nitrogens with zero attached hydrogens (tertiary/aromatic N) is 2. The molecule has 1 aromatic heterocycles. The average molecular weight is 256 g/mol. The maximum atomic E-state index is 5.62. The van der Waals surface area contributed by atoms with Crippen LogP contribution in [0.2, 0.25) is 0 Å². The third-order valence-electron chi connectivity index (χ3n) is 2.64. The molecule has 1 aromatic rings. The van der Waals surface area contributed by atoms with Crippen LogP contribution in [-0.4, -0.2) is 29.6 Å². The van der Waals surface area contributed by atoms with Gasteiger partial charge in [-0.1, -0.05) is 0 Å². The van der Waals surface area contributed by atoms with Crippen molar-refractivity contribution >= 4 is 0 Å². The minimum atomic E-state index is -0.146.